The van der Waals surface area contributed by atoms with Crippen LogP contribution in [0.2, 0.25) is 0 Å². The topological polar surface area (TPSA) is 173 Å². The predicted octanol–water partition coefficient (Wildman–Crippen LogP) is 2.48. The highest BCUT2D eigenvalue weighted by molar-refractivity contribution is 5.97. The lowest BCUT2D eigenvalue weighted by molar-refractivity contribution is -0.128. The van der Waals surface area contributed by atoms with Gasteiger partial charge in [0.25, 0.3) is 0 Å². The first-order valence-electron chi connectivity index (χ1n) is 13.7. The van der Waals surface area contributed by atoms with Crippen molar-refractivity contribution in [2.75, 3.05) is 38.7 Å². The number of nitrogens with one attached hydrogen (secondary N) is 5. The van der Waals surface area contributed by atoms with Gasteiger partial charge in [-0.2, -0.15) is 0 Å². The molecule has 0 aliphatic rings. The summed E-state index contributed by atoms with van der Waals surface area (Å²) in [6.07, 6.45) is 0.917. The third-order valence-corrected chi connectivity index (χ3v) is 5.72. The Kier molecular flexibility index (Phi) is 15.6. The number of primary amides is 1. The van der Waals surface area contributed by atoms with Gasteiger partial charge in [-0.25, -0.2) is 9.59 Å². The van der Waals surface area contributed by atoms with Gasteiger partial charge in [0.15, 0.2) is 0 Å². The molecule has 0 aliphatic heterocycles. The molecule has 0 saturated carbocycles. The standard InChI is InChI=1S/C28H48N6O6/c1-19(2)23(30-6)25(36)34-22(9-7-14-31-26(29)37)24(35)33-21-12-10-20(11-13-21)17-40-27(38)32-15-8-16-39-18-28(3,4)5/h10-13,19,22-23,30H,7-9,14-18H2,1-6H3,(H,32,38)(H,33,35)(H,34,36)(H3,29,31,37)/t22-,23?/m0/s1. The summed E-state index contributed by atoms with van der Waals surface area (Å²) in [5.41, 5.74) is 6.48. The molecule has 7 N–H and O–H groups in total. The molecule has 0 aromatic heterocycles. The van der Waals surface area contributed by atoms with Gasteiger partial charge in [-0.15, -0.1) is 0 Å². The number of carbonyl (C=O) groups is 4. The Bertz CT molecular complexity index is 932. The van der Waals surface area contributed by atoms with E-state index in [1.54, 1.807) is 31.3 Å². The molecule has 0 spiro atoms. The van der Waals surface area contributed by atoms with Crippen molar-refractivity contribution in [3.63, 3.8) is 0 Å². The minimum Gasteiger partial charge on any atom is -0.445 e. The molecule has 1 aromatic rings. The first kappa shape index (κ1) is 34.6. The van der Waals surface area contributed by atoms with E-state index in [1.807, 2.05) is 13.8 Å². The van der Waals surface area contributed by atoms with E-state index in [0.29, 0.717) is 44.7 Å². The number of urea groups is 1. The Balaban J connectivity index is 2.58. The van der Waals surface area contributed by atoms with E-state index in [0.717, 1.165) is 5.56 Å². The largest absolute Gasteiger partial charge is 0.445 e. The molecule has 226 valence electrons. The van der Waals surface area contributed by atoms with Gasteiger partial charge in [0.1, 0.15) is 12.6 Å². The number of anilines is 1. The molecule has 12 heteroatoms. The molecule has 12 nitrogen and oxygen atoms in total. The smallest absolute Gasteiger partial charge is 0.407 e. The summed E-state index contributed by atoms with van der Waals surface area (Å²) in [5, 5.41) is 13.8. The van der Waals surface area contributed by atoms with E-state index in [9.17, 15) is 19.2 Å². The van der Waals surface area contributed by atoms with E-state index in [4.69, 9.17) is 15.2 Å². The first-order valence-corrected chi connectivity index (χ1v) is 13.7. The van der Waals surface area contributed by atoms with Crippen LogP contribution < -0.4 is 32.3 Å². The Labute approximate surface area is 237 Å². The monoisotopic (exact) mass is 564 g/mol. The number of carbonyl (C=O) groups excluding carboxylic acids is 4. The highest BCUT2D eigenvalue weighted by Gasteiger charge is 2.26. The SMILES string of the molecule is CNC(C(=O)N[C@@H](CCCNC(N)=O)C(=O)Nc1ccc(COC(=O)NCCCOCC(C)(C)C)cc1)C(C)C. The summed E-state index contributed by atoms with van der Waals surface area (Å²) in [7, 11) is 1.69. The Morgan fingerprint density at radius 2 is 1.60 bits per heavy atom. The molecule has 0 heterocycles. The third-order valence-electron chi connectivity index (χ3n) is 5.72. The molecule has 1 unspecified atom stereocenters. The Morgan fingerprint density at radius 1 is 0.950 bits per heavy atom. The first-order chi connectivity index (χ1) is 18.8. The Hall–Kier alpha value is -3.38. The predicted molar refractivity (Wildman–Crippen MR) is 155 cm³/mol. The molecular weight excluding hydrogens is 516 g/mol. The van der Waals surface area contributed by atoms with Crippen LogP contribution in [-0.2, 0) is 25.7 Å². The minimum atomic E-state index is -0.817. The zero-order chi connectivity index (χ0) is 30.1. The van der Waals surface area contributed by atoms with Gasteiger partial charge in [0.2, 0.25) is 11.8 Å². The fourth-order valence-electron chi connectivity index (χ4n) is 3.67. The zero-order valence-electron chi connectivity index (χ0n) is 24.7. The van der Waals surface area contributed by atoms with E-state index >= 15 is 0 Å². The number of rotatable bonds is 17. The van der Waals surface area contributed by atoms with Gasteiger partial charge < -0.3 is 41.8 Å². The van der Waals surface area contributed by atoms with Crippen molar-refractivity contribution in [3.05, 3.63) is 29.8 Å². The molecule has 40 heavy (non-hydrogen) atoms. The van der Waals surface area contributed by atoms with Crippen molar-refractivity contribution in [3.8, 4) is 0 Å². The van der Waals surface area contributed by atoms with Crippen molar-refractivity contribution >= 4 is 29.6 Å². The maximum atomic E-state index is 13.0. The van der Waals surface area contributed by atoms with E-state index in [-0.39, 0.29) is 36.3 Å². The molecule has 2 atom stereocenters. The lowest BCUT2D eigenvalue weighted by Gasteiger charge is -2.24. The molecule has 0 fully saturated rings. The molecule has 0 saturated heterocycles. The van der Waals surface area contributed by atoms with Crippen LogP contribution >= 0.6 is 0 Å². The lowest BCUT2D eigenvalue weighted by atomic mass is 9.99. The van der Waals surface area contributed by atoms with E-state index < -0.39 is 24.2 Å². The third kappa shape index (κ3) is 15.3. The normalized spacial score (nSPS) is 12.8. The van der Waals surface area contributed by atoms with E-state index in [2.05, 4.69) is 47.4 Å². The zero-order valence-corrected chi connectivity index (χ0v) is 24.7. The quantitative estimate of drug-likeness (QED) is 0.158. The number of amides is 5. The molecular formula is C28H48N6O6. The molecule has 1 rings (SSSR count). The fourth-order valence-corrected chi connectivity index (χ4v) is 3.67. The summed E-state index contributed by atoms with van der Waals surface area (Å²) < 4.78 is 10.8. The molecule has 5 amide bonds. The van der Waals surface area contributed by atoms with Crippen LogP contribution in [0.15, 0.2) is 24.3 Å². The van der Waals surface area contributed by atoms with Gasteiger partial charge in [0, 0.05) is 25.4 Å². The second-order valence-corrected chi connectivity index (χ2v) is 11.2. The summed E-state index contributed by atoms with van der Waals surface area (Å²) in [6.45, 7) is 12.1. The van der Waals surface area contributed by atoms with Gasteiger partial charge in [-0.3, -0.25) is 9.59 Å². The van der Waals surface area contributed by atoms with Crippen LogP contribution in [0.1, 0.15) is 59.4 Å². The van der Waals surface area contributed by atoms with Gasteiger partial charge in [-0.1, -0.05) is 46.8 Å². The van der Waals surface area contributed by atoms with E-state index in [1.165, 1.54) is 0 Å². The van der Waals surface area contributed by atoms with Crippen LogP contribution in [0.4, 0.5) is 15.3 Å². The molecule has 0 bridgehead atoms. The number of likely N-dealkylation sites (N-methyl/N-ethyl adjacent to an activating group) is 1. The van der Waals surface area contributed by atoms with Gasteiger partial charge in [0.05, 0.1) is 12.6 Å². The Morgan fingerprint density at radius 3 is 2.17 bits per heavy atom. The van der Waals surface area contributed by atoms with Crippen molar-refractivity contribution in [2.24, 2.45) is 17.1 Å². The summed E-state index contributed by atoms with van der Waals surface area (Å²) in [6, 6.07) is 4.94. The van der Waals surface area contributed by atoms with Crippen LogP contribution in [-0.4, -0.2) is 69.4 Å². The number of nitrogens with two attached hydrogens (primary N) is 1. The summed E-state index contributed by atoms with van der Waals surface area (Å²) in [5.74, 6) is -0.654. The van der Waals surface area contributed by atoms with Crippen molar-refractivity contribution < 1.29 is 28.7 Å². The molecule has 1 aromatic carbocycles. The fraction of sp³-hybridized carbons (Fsp3) is 0.643. The van der Waals surface area contributed by atoms with Crippen molar-refractivity contribution in [2.45, 2.75) is 72.6 Å². The van der Waals surface area contributed by atoms with Crippen molar-refractivity contribution in [1.29, 1.82) is 0 Å². The number of alkyl carbamates (subject to hydrolysis) is 1. The maximum Gasteiger partial charge on any atom is 0.407 e. The average molecular weight is 565 g/mol. The summed E-state index contributed by atoms with van der Waals surface area (Å²) >= 11 is 0. The number of ether oxygens (including phenoxy) is 2. The van der Waals surface area contributed by atoms with Gasteiger partial charge >= 0.3 is 12.1 Å². The highest BCUT2D eigenvalue weighted by atomic mass is 16.5. The number of benzene rings is 1. The summed E-state index contributed by atoms with van der Waals surface area (Å²) in [4.78, 5) is 48.7. The van der Waals surface area contributed by atoms with Crippen molar-refractivity contribution in [1.82, 2.24) is 21.3 Å². The van der Waals surface area contributed by atoms with Gasteiger partial charge in [-0.05, 0) is 55.3 Å². The minimum absolute atomic E-state index is 0.0227. The second-order valence-electron chi connectivity index (χ2n) is 11.2. The van der Waals surface area contributed by atoms with Crippen LogP contribution in [0.3, 0.4) is 0 Å². The van der Waals surface area contributed by atoms with Crippen LogP contribution in [0, 0.1) is 11.3 Å². The van der Waals surface area contributed by atoms with Crippen LogP contribution in [0.25, 0.3) is 0 Å². The number of hydrogen-bond donors (Lipinski definition) is 6. The lowest BCUT2D eigenvalue weighted by Crippen LogP contribution is -2.52. The average Bonchev–Trinajstić information content (AvgIpc) is 2.86. The maximum absolute atomic E-state index is 13.0. The molecule has 0 aliphatic carbocycles. The van der Waals surface area contributed by atoms with Crippen LogP contribution in [0.5, 0.6) is 0 Å². The number of hydrogen-bond acceptors (Lipinski definition) is 7. The highest BCUT2D eigenvalue weighted by Crippen LogP contribution is 2.14. The molecule has 0 radical (unpaired) electrons. The second kappa shape index (κ2) is 18.1.